The number of nitro benzene ring substituents is 2. The zero-order valence-corrected chi connectivity index (χ0v) is 11.0. The Morgan fingerprint density at radius 1 is 1.10 bits per heavy atom. The van der Waals surface area contributed by atoms with Crippen LogP contribution in [0.4, 0.5) is 17.1 Å². The standard InChI is InChI=1S/C12H6ClN3O5/c13-9-5-7(1-4-12(9)17)14-10-3-2-8(15(18)19)6-11(10)16(20)21/h1-6H. The number of rotatable bonds is 3. The number of allylic oxidation sites excluding steroid dienone is 4. The number of halogens is 1. The second kappa shape index (κ2) is 5.63. The lowest BCUT2D eigenvalue weighted by molar-refractivity contribution is -0.393. The van der Waals surface area contributed by atoms with Gasteiger partial charge in [0, 0.05) is 6.07 Å². The van der Waals surface area contributed by atoms with E-state index in [4.69, 9.17) is 11.6 Å². The van der Waals surface area contributed by atoms with Gasteiger partial charge in [-0.05, 0) is 24.3 Å². The fourth-order valence-electron chi connectivity index (χ4n) is 1.56. The predicted octanol–water partition coefficient (Wildman–Crippen LogP) is 2.84. The molecule has 0 unspecified atom stereocenters. The molecule has 1 aliphatic rings. The summed E-state index contributed by atoms with van der Waals surface area (Å²) in [6.45, 7) is 0. The molecule has 2 rings (SSSR count). The van der Waals surface area contributed by atoms with Crippen molar-refractivity contribution in [2.45, 2.75) is 0 Å². The van der Waals surface area contributed by atoms with E-state index in [0.29, 0.717) is 0 Å². The van der Waals surface area contributed by atoms with Gasteiger partial charge in [-0.15, -0.1) is 0 Å². The fraction of sp³-hybridized carbons (Fsp3) is 0. The normalized spacial score (nSPS) is 16.0. The number of ketones is 1. The summed E-state index contributed by atoms with van der Waals surface area (Å²) >= 11 is 5.65. The molecule has 21 heavy (non-hydrogen) atoms. The van der Waals surface area contributed by atoms with Crippen LogP contribution in [0.1, 0.15) is 0 Å². The molecule has 8 nitrogen and oxygen atoms in total. The molecule has 1 aliphatic carbocycles. The summed E-state index contributed by atoms with van der Waals surface area (Å²) in [4.78, 5) is 35.2. The maximum absolute atomic E-state index is 11.2. The van der Waals surface area contributed by atoms with Crippen LogP contribution in [0.3, 0.4) is 0 Å². The summed E-state index contributed by atoms with van der Waals surface area (Å²) in [6.07, 6.45) is 3.78. The lowest BCUT2D eigenvalue weighted by Crippen LogP contribution is -2.03. The van der Waals surface area contributed by atoms with Gasteiger partial charge in [0.25, 0.3) is 5.69 Å². The Balaban J connectivity index is 2.50. The highest BCUT2D eigenvalue weighted by atomic mass is 35.5. The third-order valence-corrected chi connectivity index (χ3v) is 2.83. The first-order valence-corrected chi connectivity index (χ1v) is 5.87. The quantitative estimate of drug-likeness (QED) is 0.483. The molecule has 1 aromatic carbocycles. The summed E-state index contributed by atoms with van der Waals surface area (Å²) in [5.74, 6) is -0.395. The van der Waals surface area contributed by atoms with Gasteiger partial charge < -0.3 is 0 Å². The van der Waals surface area contributed by atoms with Gasteiger partial charge in [0.1, 0.15) is 5.69 Å². The van der Waals surface area contributed by atoms with E-state index < -0.39 is 27.0 Å². The van der Waals surface area contributed by atoms with Crippen LogP contribution in [0.15, 0.2) is 46.5 Å². The first kappa shape index (κ1) is 14.5. The van der Waals surface area contributed by atoms with Crippen molar-refractivity contribution < 1.29 is 14.6 Å². The summed E-state index contributed by atoms with van der Waals surface area (Å²) in [6, 6.07) is 3.09. The van der Waals surface area contributed by atoms with E-state index in [2.05, 4.69) is 4.99 Å². The number of carbonyl (C=O) groups excluding carboxylic acids is 1. The second-order valence-corrected chi connectivity index (χ2v) is 4.32. The van der Waals surface area contributed by atoms with Crippen molar-refractivity contribution in [1.82, 2.24) is 0 Å². The number of nitro groups is 2. The van der Waals surface area contributed by atoms with E-state index in [1.54, 1.807) is 0 Å². The van der Waals surface area contributed by atoms with Gasteiger partial charge in [-0.25, -0.2) is 4.99 Å². The largest absolute Gasteiger partial charge is 0.301 e. The van der Waals surface area contributed by atoms with Crippen LogP contribution in [0.2, 0.25) is 0 Å². The number of benzene rings is 1. The zero-order chi connectivity index (χ0) is 15.6. The lowest BCUT2D eigenvalue weighted by Gasteiger charge is -2.03. The van der Waals surface area contributed by atoms with Crippen LogP contribution in [0.25, 0.3) is 0 Å². The molecule has 9 heteroatoms. The SMILES string of the molecule is O=C1C=CC(=Nc2ccc([N+](=O)[O-])cc2[N+](=O)[O-])C=C1Cl. The molecule has 0 saturated heterocycles. The van der Waals surface area contributed by atoms with E-state index in [1.807, 2.05) is 0 Å². The van der Waals surface area contributed by atoms with Gasteiger partial charge >= 0.3 is 5.69 Å². The molecule has 1 aromatic rings. The first-order valence-electron chi connectivity index (χ1n) is 5.49. The van der Waals surface area contributed by atoms with Crippen LogP contribution < -0.4 is 0 Å². The minimum absolute atomic E-state index is 0.0687. The molecular formula is C12H6ClN3O5. The number of aliphatic imine (C=N–C) groups is 1. The third-order valence-electron chi connectivity index (χ3n) is 2.53. The van der Waals surface area contributed by atoms with Crippen LogP contribution in [-0.4, -0.2) is 21.3 Å². The molecule has 0 atom stereocenters. The molecule has 0 heterocycles. The molecule has 0 spiro atoms. The van der Waals surface area contributed by atoms with E-state index in [-0.39, 0.29) is 16.4 Å². The number of carbonyl (C=O) groups is 1. The summed E-state index contributed by atoms with van der Waals surface area (Å²) in [5, 5.41) is 21.5. The van der Waals surface area contributed by atoms with Gasteiger partial charge in [0.05, 0.1) is 26.7 Å². The summed E-state index contributed by atoms with van der Waals surface area (Å²) < 4.78 is 0. The topological polar surface area (TPSA) is 116 Å². The fourth-order valence-corrected chi connectivity index (χ4v) is 1.74. The average Bonchev–Trinajstić information content (AvgIpc) is 2.43. The highest BCUT2D eigenvalue weighted by Crippen LogP contribution is 2.31. The molecule has 0 radical (unpaired) electrons. The molecule has 0 N–H and O–H groups in total. The maximum atomic E-state index is 11.2. The van der Waals surface area contributed by atoms with Gasteiger partial charge in [-0.2, -0.15) is 0 Å². The Bertz CT molecular complexity index is 751. The Labute approximate surface area is 122 Å². The highest BCUT2D eigenvalue weighted by Gasteiger charge is 2.19. The Morgan fingerprint density at radius 2 is 1.81 bits per heavy atom. The Kier molecular flexibility index (Phi) is 3.90. The lowest BCUT2D eigenvalue weighted by atomic mass is 10.1. The Morgan fingerprint density at radius 3 is 2.38 bits per heavy atom. The van der Waals surface area contributed by atoms with Crippen molar-refractivity contribution in [3.05, 3.63) is 61.7 Å². The molecule has 106 valence electrons. The maximum Gasteiger partial charge on any atom is 0.301 e. The van der Waals surface area contributed by atoms with Crippen molar-refractivity contribution in [2.75, 3.05) is 0 Å². The van der Waals surface area contributed by atoms with E-state index in [1.165, 1.54) is 18.2 Å². The monoisotopic (exact) mass is 307 g/mol. The number of nitrogens with zero attached hydrogens (tertiary/aromatic N) is 3. The molecule has 0 fully saturated rings. The zero-order valence-electron chi connectivity index (χ0n) is 10.2. The van der Waals surface area contributed by atoms with Gasteiger partial charge in [0.15, 0.2) is 5.78 Å². The summed E-state index contributed by atoms with van der Waals surface area (Å²) in [7, 11) is 0. The van der Waals surface area contributed by atoms with E-state index in [0.717, 1.165) is 18.2 Å². The minimum Gasteiger partial charge on any atom is -0.288 e. The van der Waals surface area contributed by atoms with Gasteiger partial charge in [-0.1, -0.05) is 11.6 Å². The van der Waals surface area contributed by atoms with Crippen LogP contribution >= 0.6 is 11.6 Å². The molecular weight excluding hydrogens is 302 g/mol. The highest BCUT2D eigenvalue weighted by molar-refractivity contribution is 6.47. The molecule has 0 aromatic heterocycles. The van der Waals surface area contributed by atoms with E-state index >= 15 is 0 Å². The number of hydrogen-bond donors (Lipinski definition) is 0. The van der Waals surface area contributed by atoms with E-state index in [9.17, 15) is 25.0 Å². The smallest absolute Gasteiger partial charge is 0.288 e. The van der Waals surface area contributed by atoms with Crippen LogP contribution in [0.5, 0.6) is 0 Å². The third kappa shape index (κ3) is 3.18. The predicted molar refractivity (Wildman–Crippen MR) is 74.9 cm³/mol. The number of hydrogen-bond acceptors (Lipinski definition) is 6. The van der Waals surface area contributed by atoms with Crippen molar-refractivity contribution >= 4 is 40.2 Å². The second-order valence-electron chi connectivity index (χ2n) is 3.91. The molecule has 0 amide bonds. The van der Waals surface area contributed by atoms with Gasteiger partial charge in [0.2, 0.25) is 0 Å². The average molecular weight is 308 g/mol. The van der Waals surface area contributed by atoms with Crippen molar-refractivity contribution in [3.8, 4) is 0 Å². The van der Waals surface area contributed by atoms with Crippen LogP contribution in [-0.2, 0) is 4.79 Å². The van der Waals surface area contributed by atoms with Crippen molar-refractivity contribution in [1.29, 1.82) is 0 Å². The van der Waals surface area contributed by atoms with Crippen molar-refractivity contribution in [3.63, 3.8) is 0 Å². The van der Waals surface area contributed by atoms with Gasteiger partial charge in [-0.3, -0.25) is 25.0 Å². The number of non-ortho nitro benzene ring substituents is 1. The molecule has 0 saturated carbocycles. The summed E-state index contributed by atoms with van der Waals surface area (Å²) in [5.41, 5.74) is -0.753. The molecule has 0 bridgehead atoms. The molecule has 0 aliphatic heterocycles. The first-order chi connectivity index (χ1) is 9.88. The van der Waals surface area contributed by atoms with Crippen LogP contribution in [0, 0.1) is 20.2 Å². The van der Waals surface area contributed by atoms with Crippen molar-refractivity contribution in [2.24, 2.45) is 4.99 Å². The minimum atomic E-state index is -0.768. The Hall–Kier alpha value is -2.87.